The van der Waals surface area contributed by atoms with Crippen molar-refractivity contribution in [3.8, 4) is 0 Å². The predicted molar refractivity (Wildman–Crippen MR) is 55.7 cm³/mol. The molecule has 0 aliphatic carbocycles. The van der Waals surface area contributed by atoms with Crippen molar-refractivity contribution in [1.29, 1.82) is 0 Å². The maximum absolute atomic E-state index is 5.54. The van der Waals surface area contributed by atoms with Gasteiger partial charge in [-0.2, -0.15) is 0 Å². The van der Waals surface area contributed by atoms with Crippen molar-refractivity contribution in [3.05, 3.63) is 12.1 Å². The van der Waals surface area contributed by atoms with E-state index in [4.69, 9.17) is 16.2 Å². The van der Waals surface area contributed by atoms with Gasteiger partial charge in [0.1, 0.15) is 5.82 Å². The third-order valence-electron chi connectivity index (χ3n) is 1.47. The van der Waals surface area contributed by atoms with Crippen LogP contribution in [0.1, 0.15) is 0 Å². The van der Waals surface area contributed by atoms with Gasteiger partial charge >= 0.3 is 0 Å². The lowest BCUT2D eigenvalue weighted by molar-refractivity contribution is 0.218. The van der Waals surface area contributed by atoms with E-state index in [0.29, 0.717) is 18.1 Å². The number of rotatable bonds is 4. The minimum atomic E-state index is 0.391. The minimum Gasteiger partial charge on any atom is -0.396 e. The number of nitrogens with zero attached hydrogens (tertiary/aromatic N) is 1. The first-order valence-electron chi connectivity index (χ1n) is 3.87. The summed E-state index contributed by atoms with van der Waals surface area (Å²) >= 11 is 1.60. The molecule has 0 saturated heterocycles. The Morgan fingerprint density at radius 1 is 1.46 bits per heavy atom. The Bertz CT molecular complexity index is 280. The molecule has 0 amide bonds. The molecule has 0 unspecified atom stereocenters. The van der Waals surface area contributed by atoms with E-state index in [0.717, 1.165) is 10.8 Å². The summed E-state index contributed by atoms with van der Waals surface area (Å²) in [4.78, 5) is 4.10. The molecule has 4 N–H and O–H groups in total. The van der Waals surface area contributed by atoms with Crippen molar-refractivity contribution in [2.75, 3.05) is 30.9 Å². The molecular formula is C8H13N3OS. The molecule has 1 aromatic rings. The number of ether oxygens (including phenoxy) is 1. The maximum Gasteiger partial charge on any atom is 0.147 e. The van der Waals surface area contributed by atoms with E-state index in [9.17, 15) is 0 Å². The number of nitrogens with two attached hydrogens (primary N) is 2. The van der Waals surface area contributed by atoms with E-state index >= 15 is 0 Å². The molecular weight excluding hydrogens is 186 g/mol. The zero-order valence-electron chi connectivity index (χ0n) is 7.49. The van der Waals surface area contributed by atoms with Crippen molar-refractivity contribution in [3.63, 3.8) is 0 Å². The number of anilines is 2. The third kappa shape index (κ3) is 3.12. The van der Waals surface area contributed by atoms with Crippen molar-refractivity contribution in [2.24, 2.45) is 0 Å². The van der Waals surface area contributed by atoms with Gasteiger partial charge < -0.3 is 16.2 Å². The fourth-order valence-corrected chi connectivity index (χ4v) is 1.56. The van der Waals surface area contributed by atoms with Crippen LogP contribution in [0.25, 0.3) is 0 Å². The lowest BCUT2D eigenvalue weighted by Gasteiger charge is -2.02. The van der Waals surface area contributed by atoms with Gasteiger partial charge in [-0.3, -0.25) is 0 Å². The van der Waals surface area contributed by atoms with Gasteiger partial charge in [-0.1, -0.05) is 0 Å². The van der Waals surface area contributed by atoms with Crippen LogP contribution in [0.5, 0.6) is 0 Å². The summed E-state index contributed by atoms with van der Waals surface area (Å²) in [6.07, 6.45) is 0. The van der Waals surface area contributed by atoms with Crippen LogP contribution in [0.2, 0.25) is 0 Å². The maximum atomic E-state index is 5.54. The van der Waals surface area contributed by atoms with Crippen LogP contribution in [0.3, 0.4) is 0 Å². The molecule has 0 spiro atoms. The molecule has 5 heteroatoms. The monoisotopic (exact) mass is 199 g/mol. The quantitative estimate of drug-likeness (QED) is 0.558. The van der Waals surface area contributed by atoms with Crippen LogP contribution < -0.4 is 11.5 Å². The molecule has 0 aliphatic heterocycles. The summed E-state index contributed by atoms with van der Waals surface area (Å²) in [7, 11) is 1.67. The number of hydrogen-bond acceptors (Lipinski definition) is 5. The molecule has 0 aliphatic rings. The fourth-order valence-electron chi connectivity index (χ4n) is 0.777. The number of aromatic nitrogens is 1. The van der Waals surface area contributed by atoms with Gasteiger partial charge in [0, 0.05) is 12.9 Å². The molecule has 72 valence electrons. The van der Waals surface area contributed by atoms with Gasteiger partial charge in [0.25, 0.3) is 0 Å². The largest absolute Gasteiger partial charge is 0.396 e. The van der Waals surface area contributed by atoms with Gasteiger partial charge in [-0.15, -0.1) is 11.8 Å². The second kappa shape index (κ2) is 4.94. The lowest BCUT2D eigenvalue weighted by Crippen LogP contribution is -1.99. The highest BCUT2D eigenvalue weighted by molar-refractivity contribution is 7.99. The van der Waals surface area contributed by atoms with Gasteiger partial charge in [-0.25, -0.2) is 4.98 Å². The predicted octanol–water partition coefficient (Wildman–Crippen LogP) is 0.985. The van der Waals surface area contributed by atoms with Crippen molar-refractivity contribution in [1.82, 2.24) is 4.98 Å². The zero-order valence-corrected chi connectivity index (χ0v) is 8.30. The summed E-state index contributed by atoms with van der Waals surface area (Å²) in [5.41, 5.74) is 11.6. The van der Waals surface area contributed by atoms with E-state index in [1.165, 1.54) is 0 Å². The molecule has 4 nitrogen and oxygen atoms in total. The standard InChI is InChI=1S/C8H13N3OS/c1-12-4-5-13-7-3-2-6(9)8(10)11-7/h2-3H,4-5,9H2,1H3,(H2,10,11). The molecule has 1 heterocycles. The Hall–Kier alpha value is -0.940. The molecule has 0 atom stereocenters. The van der Waals surface area contributed by atoms with Crippen LogP contribution in [0, 0.1) is 0 Å². The Balaban J connectivity index is 2.53. The average Bonchev–Trinajstić information content (AvgIpc) is 2.12. The summed E-state index contributed by atoms with van der Waals surface area (Å²) in [6, 6.07) is 3.61. The number of thioether (sulfide) groups is 1. The molecule has 1 rings (SSSR count). The Kier molecular flexibility index (Phi) is 3.85. The SMILES string of the molecule is COCCSc1ccc(N)c(N)n1. The molecule has 0 fully saturated rings. The van der Waals surface area contributed by atoms with E-state index in [1.807, 2.05) is 6.07 Å². The van der Waals surface area contributed by atoms with Crippen LogP contribution in [-0.2, 0) is 4.74 Å². The molecule has 0 radical (unpaired) electrons. The van der Waals surface area contributed by atoms with Crippen molar-refractivity contribution >= 4 is 23.3 Å². The van der Waals surface area contributed by atoms with E-state index in [1.54, 1.807) is 24.9 Å². The molecule has 0 saturated carbocycles. The van der Waals surface area contributed by atoms with Crippen molar-refractivity contribution in [2.45, 2.75) is 5.03 Å². The number of pyridine rings is 1. The Labute approximate surface area is 81.7 Å². The van der Waals surface area contributed by atoms with E-state index in [-0.39, 0.29) is 0 Å². The summed E-state index contributed by atoms with van der Waals surface area (Å²) < 4.78 is 4.91. The first-order chi connectivity index (χ1) is 6.24. The van der Waals surface area contributed by atoms with E-state index in [2.05, 4.69) is 4.98 Å². The minimum absolute atomic E-state index is 0.391. The topological polar surface area (TPSA) is 74.2 Å². The highest BCUT2D eigenvalue weighted by Gasteiger charge is 1.99. The number of nitrogen functional groups attached to an aromatic ring is 2. The average molecular weight is 199 g/mol. The Morgan fingerprint density at radius 3 is 2.85 bits per heavy atom. The van der Waals surface area contributed by atoms with Gasteiger partial charge in [-0.05, 0) is 12.1 Å². The normalized spacial score (nSPS) is 10.2. The first-order valence-corrected chi connectivity index (χ1v) is 4.86. The van der Waals surface area contributed by atoms with Crippen LogP contribution in [-0.4, -0.2) is 24.5 Å². The molecule has 0 aromatic carbocycles. The van der Waals surface area contributed by atoms with Gasteiger partial charge in [0.2, 0.25) is 0 Å². The van der Waals surface area contributed by atoms with Gasteiger partial charge in [0.05, 0.1) is 17.3 Å². The third-order valence-corrected chi connectivity index (χ3v) is 2.36. The Morgan fingerprint density at radius 2 is 2.23 bits per heavy atom. The zero-order chi connectivity index (χ0) is 9.68. The highest BCUT2D eigenvalue weighted by Crippen LogP contribution is 2.19. The molecule has 13 heavy (non-hydrogen) atoms. The smallest absolute Gasteiger partial charge is 0.147 e. The van der Waals surface area contributed by atoms with Gasteiger partial charge in [0.15, 0.2) is 0 Å². The van der Waals surface area contributed by atoms with Crippen molar-refractivity contribution < 1.29 is 4.74 Å². The molecule has 1 aromatic heterocycles. The summed E-state index contributed by atoms with van der Waals surface area (Å²) in [5.74, 6) is 1.26. The fraction of sp³-hybridized carbons (Fsp3) is 0.375. The second-order valence-electron chi connectivity index (χ2n) is 2.47. The molecule has 0 bridgehead atoms. The summed E-state index contributed by atoms with van der Waals surface area (Å²) in [5, 5.41) is 0.878. The summed E-state index contributed by atoms with van der Waals surface area (Å²) in [6.45, 7) is 0.705. The first kappa shape index (κ1) is 10.1. The van der Waals surface area contributed by atoms with Crippen LogP contribution in [0.4, 0.5) is 11.5 Å². The second-order valence-corrected chi connectivity index (χ2v) is 3.58. The van der Waals surface area contributed by atoms with E-state index < -0.39 is 0 Å². The lowest BCUT2D eigenvalue weighted by atomic mass is 10.4. The highest BCUT2D eigenvalue weighted by atomic mass is 32.2. The number of hydrogen-bond donors (Lipinski definition) is 2. The van der Waals surface area contributed by atoms with Crippen LogP contribution in [0.15, 0.2) is 17.2 Å². The van der Waals surface area contributed by atoms with Crippen LogP contribution >= 0.6 is 11.8 Å². The number of methoxy groups -OCH3 is 1.